The van der Waals surface area contributed by atoms with E-state index in [0.717, 1.165) is 16.0 Å². The molecule has 1 heterocycles. The van der Waals surface area contributed by atoms with Gasteiger partial charge < -0.3 is 10.1 Å². The standard InChI is InChI=1S/C12H17BrN2O2/c1-8-9(5-6-10(13)14-8)15-11(16)7-12(2,3)17-4/h5-6H,7H2,1-4H3,(H,15,16). The summed E-state index contributed by atoms with van der Waals surface area (Å²) >= 11 is 3.28. The fraction of sp³-hybridized carbons (Fsp3) is 0.500. The van der Waals surface area contributed by atoms with Gasteiger partial charge in [0, 0.05) is 7.11 Å². The Morgan fingerprint density at radius 3 is 2.71 bits per heavy atom. The van der Waals surface area contributed by atoms with Crippen molar-refractivity contribution in [1.82, 2.24) is 4.98 Å². The van der Waals surface area contributed by atoms with Crippen molar-refractivity contribution in [1.29, 1.82) is 0 Å². The number of pyridine rings is 1. The van der Waals surface area contributed by atoms with Gasteiger partial charge in [-0.1, -0.05) is 0 Å². The molecule has 0 unspecified atom stereocenters. The van der Waals surface area contributed by atoms with Crippen LogP contribution in [-0.4, -0.2) is 23.6 Å². The highest BCUT2D eigenvalue weighted by atomic mass is 79.9. The second-order valence-electron chi connectivity index (χ2n) is 4.46. The van der Waals surface area contributed by atoms with Crippen LogP contribution in [0.2, 0.25) is 0 Å². The first-order chi connectivity index (χ1) is 7.84. The molecular formula is C12H17BrN2O2. The Morgan fingerprint density at radius 2 is 2.18 bits per heavy atom. The minimum absolute atomic E-state index is 0.0796. The van der Waals surface area contributed by atoms with Gasteiger partial charge in [0.25, 0.3) is 0 Å². The molecule has 1 aromatic heterocycles. The smallest absolute Gasteiger partial charge is 0.227 e. The average Bonchev–Trinajstić information content (AvgIpc) is 2.21. The monoisotopic (exact) mass is 300 g/mol. The summed E-state index contributed by atoms with van der Waals surface area (Å²) in [6, 6.07) is 3.62. The third-order valence-corrected chi connectivity index (χ3v) is 2.91. The van der Waals surface area contributed by atoms with Crippen LogP contribution in [0, 0.1) is 6.92 Å². The number of halogens is 1. The van der Waals surface area contributed by atoms with Gasteiger partial charge in [-0.25, -0.2) is 4.98 Å². The maximum absolute atomic E-state index is 11.8. The topological polar surface area (TPSA) is 51.2 Å². The maximum atomic E-state index is 11.8. The molecule has 1 N–H and O–H groups in total. The SMILES string of the molecule is COC(C)(C)CC(=O)Nc1ccc(Br)nc1C. The third kappa shape index (κ3) is 4.44. The van der Waals surface area contributed by atoms with E-state index in [1.807, 2.05) is 26.8 Å². The number of nitrogens with one attached hydrogen (secondary N) is 1. The van der Waals surface area contributed by atoms with Crippen LogP contribution in [-0.2, 0) is 9.53 Å². The van der Waals surface area contributed by atoms with E-state index in [4.69, 9.17) is 4.74 Å². The second-order valence-corrected chi connectivity index (χ2v) is 5.27. The van der Waals surface area contributed by atoms with Crippen molar-refractivity contribution in [3.63, 3.8) is 0 Å². The van der Waals surface area contributed by atoms with E-state index >= 15 is 0 Å². The zero-order valence-corrected chi connectivity index (χ0v) is 12.1. The molecule has 1 rings (SSSR count). The van der Waals surface area contributed by atoms with E-state index in [0.29, 0.717) is 6.42 Å². The molecule has 0 atom stereocenters. The first-order valence-electron chi connectivity index (χ1n) is 5.32. The molecule has 5 heteroatoms. The molecule has 0 bridgehead atoms. The van der Waals surface area contributed by atoms with Crippen LogP contribution in [0.1, 0.15) is 26.0 Å². The Kier molecular flexibility index (Phi) is 4.65. The molecule has 1 aromatic rings. The predicted molar refractivity (Wildman–Crippen MR) is 71.0 cm³/mol. The van der Waals surface area contributed by atoms with E-state index in [1.54, 1.807) is 13.2 Å². The normalized spacial score (nSPS) is 11.4. The van der Waals surface area contributed by atoms with E-state index < -0.39 is 5.60 Å². The number of aryl methyl sites for hydroxylation is 1. The number of rotatable bonds is 4. The fourth-order valence-electron chi connectivity index (χ4n) is 1.32. The minimum atomic E-state index is -0.458. The van der Waals surface area contributed by atoms with Crippen LogP contribution in [0.15, 0.2) is 16.7 Å². The Balaban J connectivity index is 2.69. The van der Waals surface area contributed by atoms with Gasteiger partial charge in [0.15, 0.2) is 0 Å². The summed E-state index contributed by atoms with van der Waals surface area (Å²) < 4.78 is 5.97. The number of anilines is 1. The molecule has 0 fully saturated rings. The Morgan fingerprint density at radius 1 is 1.53 bits per heavy atom. The molecular weight excluding hydrogens is 284 g/mol. The number of hydrogen-bond donors (Lipinski definition) is 1. The molecule has 0 saturated carbocycles. The number of carbonyl (C=O) groups is 1. The lowest BCUT2D eigenvalue weighted by Gasteiger charge is -2.22. The molecule has 17 heavy (non-hydrogen) atoms. The zero-order valence-electron chi connectivity index (χ0n) is 10.5. The van der Waals surface area contributed by atoms with Gasteiger partial charge in [0.2, 0.25) is 5.91 Å². The number of aromatic nitrogens is 1. The number of hydrogen-bond acceptors (Lipinski definition) is 3. The van der Waals surface area contributed by atoms with Crippen LogP contribution in [0.5, 0.6) is 0 Å². The van der Waals surface area contributed by atoms with Crippen LogP contribution >= 0.6 is 15.9 Å². The van der Waals surface area contributed by atoms with Gasteiger partial charge in [-0.05, 0) is 48.8 Å². The van der Waals surface area contributed by atoms with E-state index in [9.17, 15) is 4.79 Å². The van der Waals surface area contributed by atoms with Crippen molar-refractivity contribution in [2.75, 3.05) is 12.4 Å². The van der Waals surface area contributed by atoms with Gasteiger partial charge in [-0.3, -0.25) is 4.79 Å². The lowest BCUT2D eigenvalue weighted by atomic mass is 10.0. The molecule has 0 radical (unpaired) electrons. The summed E-state index contributed by atoms with van der Waals surface area (Å²) in [5.74, 6) is -0.0796. The summed E-state index contributed by atoms with van der Waals surface area (Å²) in [6.45, 7) is 5.60. The highest BCUT2D eigenvalue weighted by Gasteiger charge is 2.21. The zero-order chi connectivity index (χ0) is 13.1. The largest absolute Gasteiger partial charge is 0.378 e. The lowest BCUT2D eigenvalue weighted by molar-refractivity contribution is -0.121. The summed E-state index contributed by atoms with van der Waals surface area (Å²) in [5, 5.41) is 2.83. The van der Waals surface area contributed by atoms with Crippen LogP contribution < -0.4 is 5.32 Å². The maximum Gasteiger partial charge on any atom is 0.227 e. The lowest BCUT2D eigenvalue weighted by Crippen LogP contribution is -2.29. The van der Waals surface area contributed by atoms with Crippen molar-refractivity contribution in [2.45, 2.75) is 32.8 Å². The molecule has 0 aromatic carbocycles. The highest BCUT2D eigenvalue weighted by molar-refractivity contribution is 9.10. The van der Waals surface area contributed by atoms with E-state index in [1.165, 1.54) is 0 Å². The van der Waals surface area contributed by atoms with E-state index in [2.05, 4.69) is 26.2 Å². The van der Waals surface area contributed by atoms with Gasteiger partial charge in [0.05, 0.1) is 23.4 Å². The molecule has 94 valence electrons. The van der Waals surface area contributed by atoms with Crippen molar-refractivity contribution in [3.05, 3.63) is 22.4 Å². The van der Waals surface area contributed by atoms with Gasteiger partial charge in [-0.15, -0.1) is 0 Å². The summed E-state index contributed by atoms with van der Waals surface area (Å²) in [4.78, 5) is 16.0. The number of carbonyl (C=O) groups excluding carboxylic acids is 1. The summed E-state index contributed by atoms with van der Waals surface area (Å²) in [6.07, 6.45) is 0.305. The summed E-state index contributed by atoms with van der Waals surface area (Å²) in [5.41, 5.74) is 1.05. The molecule has 0 aliphatic rings. The molecule has 0 aliphatic heterocycles. The fourth-order valence-corrected chi connectivity index (χ4v) is 1.71. The predicted octanol–water partition coefficient (Wildman–Crippen LogP) is 2.91. The van der Waals surface area contributed by atoms with E-state index in [-0.39, 0.29) is 5.91 Å². The Labute approximate surface area is 110 Å². The van der Waals surface area contributed by atoms with Crippen LogP contribution in [0.3, 0.4) is 0 Å². The molecule has 0 saturated heterocycles. The Hall–Kier alpha value is -0.940. The quantitative estimate of drug-likeness (QED) is 0.870. The number of amides is 1. The molecule has 0 spiro atoms. The minimum Gasteiger partial charge on any atom is -0.378 e. The van der Waals surface area contributed by atoms with Gasteiger partial charge in [0.1, 0.15) is 4.60 Å². The molecule has 4 nitrogen and oxygen atoms in total. The van der Waals surface area contributed by atoms with Crippen molar-refractivity contribution in [3.8, 4) is 0 Å². The van der Waals surface area contributed by atoms with Gasteiger partial charge >= 0.3 is 0 Å². The van der Waals surface area contributed by atoms with Crippen LogP contribution in [0.4, 0.5) is 5.69 Å². The first-order valence-corrected chi connectivity index (χ1v) is 6.11. The van der Waals surface area contributed by atoms with Crippen molar-refractivity contribution < 1.29 is 9.53 Å². The number of methoxy groups -OCH3 is 1. The Bertz CT molecular complexity index is 419. The third-order valence-electron chi connectivity index (χ3n) is 2.46. The van der Waals surface area contributed by atoms with Gasteiger partial charge in [-0.2, -0.15) is 0 Å². The second kappa shape index (κ2) is 5.60. The summed E-state index contributed by atoms with van der Waals surface area (Å²) in [7, 11) is 1.60. The first kappa shape index (κ1) is 14.1. The molecule has 1 amide bonds. The molecule has 0 aliphatic carbocycles. The highest BCUT2D eigenvalue weighted by Crippen LogP contribution is 2.18. The number of ether oxygens (including phenoxy) is 1. The van der Waals surface area contributed by atoms with Crippen LogP contribution in [0.25, 0.3) is 0 Å². The number of nitrogens with zero attached hydrogens (tertiary/aromatic N) is 1. The van der Waals surface area contributed by atoms with Crippen molar-refractivity contribution in [2.24, 2.45) is 0 Å². The average molecular weight is 301 g/mol. The van der Waals surface area contributed by atoms with Crippen molar-refractivity contribution >= 4 is 27.5 Å².